The smallest absolute Gasteiger partial charge is 0.433 e. The molecule has 174 valence electrons. The molecule has 33 heavy (non-hydrogen) atoms. The number of pyridine rings is 1. The molecule has 11 heteroatoms. The number of aryl methyl sites for hydroxylation is 1. The first kappa shape index (κ1) is 22.6. The van der Waals surface area contributed by atoms with Crippen LogP contribution in [0.25, 0.3) is 0 Å². The molecule has 0 radical (unpaired) electrons. The highest BCUT2D eigenvalue weighted by molar-refractivity contribution is 6.07. The lowest BCUT2D eigenvalue weighted by molar-refractivity contribution is -0.141. The Morgan fingerprint density at radius 3 is 2.52 bits per heavy atom. The van der Waals surface area contributed by atoms with Crippen LogP contribution in [0.2, 0.25) is 0 Å². The van der Waals surface area contributed by atoms with Crippen molar-refractivity contribution in [2.24, 2.45) is 5.10 Å². The van der Waals surface area contributed by atoms with E-state index in [2.05, 4.69) is 15.4 Å². The number of ether oxygens (including phenoxy) is 1. The van der Waals surface area contributed by atoms with E-state index in [0.717, 1.165) is 23.4 Å². The van der Waals surface area contributed by atoms with Crippen LogP contribution in [0.15, 0.2) is 47.7 Å². The lowest BCUT2D eigenvalue weighted by atomic mass is 10.0. The van der Waals surface area contributed by atoms with E-state index in [1.807, 2.05) is 31.2 Å². The topological polar surface area (TPSA) is 87.1 Å². The number of carbonyl (C=O) groups is 2. The van der Waals surface area contributed by atoms with E-state index in [-0.39, 0.29) is 13.2 Å². The van der Waals surface area contributed by atoms with Crippen LogP contribution in [-0.2, 0) is 10.9 Å². The molecule has 2 aliphatic rings. The Hall–Kier alpha value is -3.63. The first-order chi connectivity index (χ1) is 15.6. The van der Waals surface area contributed by atoms with Crippen molar-refractivity contribution in [2.45, 2.75) is 32.1 Å². The maximum absolute atomic E-state index is 12.9. The van der Waals surface area contributed by atoms with Crippen LogP contribution in [0.5, 0.6) is 0 Å². The Morgan fingerprint density at radius 1 is 1.21 bits per heavy atom. The molecule has 0 spiro atoms. The average Bonchev–Trinajstić information content (AvgIpc) is 3.40. The van der Waals surface area contributed by atoms with Gasteiger partial charge in [-0.2, -0.15) is 18.3 Å². The highest BCUT2D eigenvalue weighted by atomic mass is 19.4. The highest BCUT2D eigenvalue weighted by Gasteiger charge is 2.40. The molecule has 8 nitrogen and oxygen atoms in total. The lowest BCUT2D eigenvalue weighted by Gasteiger charge is -2.23. The number of nitrogens with one attached hydrogen (secondary N) is 1. The number of halogens is 3. The molecular formula is C22H22F3N5O3. The lowest BCUT2D eigenvalue weighted by Crippen LogP contribution is -2.46. The predicted octanol–water partition coefficient (Wildman–Crippen LogP) is 3.72. The summed E-state index contributed by atoms with van der Waals surface area (Å²) in [5.41, 5.74) is 1.81. The van der Waals surface area contributed by atoms with E-state index in [1.165, 1.54) is 16.0 Å². The number of hydrazone groups is 1. The zero-order valence-corrected chi connectivity index (χ0v) is 18.0. The fraction of sp³-hybridized carbons (Fsp3) is 0.364. The van der Waals surface area contributed by atoms with Gasteiger partial charge in [0.25, 0.3) is 0 Å². The number of rotatable bonds is 4. The van der Waals surface area contributed by atoms with Gasteiger partial charge in [-0.1, -0.05) is 35.9 Å². The van der Waals surface area contributed by atoms with Gasteiger partial charge in [-0.3, -0.25) is 9.88 Å². The van der Waals surface area contributed by atoms with Crippen molar-refractivity contribution in [1.29, 1.82) is 0 Å². The maximum Gasteiger partial charge on any atom is 0.433 e. The molecule has 1 aromatic heterocycles. The molecule has 0 aliphatic carbocycles. The van der Waals surface area contributed by atoms with E-state index < -0.39 is 36.1 Å². The molecule has 0 saturated carbocycles. The predicted molar refractivity (Wildman–Crippen MR) is 112 cm³/mol. The van der Waals surface area contributed by atoms with Gasteiger partial charge in [0, 0.05) is 6.20 Å². The van der Waals surface area contributed by atoms with Crippen LogP contribution in [0.1, 0.15) is 35.3 Å². The number of benzene rings is 1. The molecule has 1 saturated heterocycles. The molecule has 0 bridgehead atoms. The quantitative estimate of drug-likeness (QED) is 0.752. The molecule has 4 rings (SSSR count). The molecule has 2 atom stereocenters. The van der Waals surface area contributed by atoms with Crippen LogP contribution >= 0.6 is 0 Å². The van der Waals surface area contributed by atoms with Gasteiger partial charge in [0.05, 0.1) is 30.9 Å². The van der Waals surface area contributed by atoms with Gasteiger partial charge in [0.2, 0.25) is 0 Å². The number of alkyl halides is 3. The van der Waals surface area contributed by atoms with Gasteiger partial charge in [0.1, 0.15) is 12.3 Å². The summed E-state index contributed by atoms with van der Waals surface area (Å²) in [5.74, 6) is 0. The van der Waals surface area contributed by atoms with Gasteiger partial charge < -0.3 is 10.1 Å². The minimum Gasteiger partial charge on any atom is -0.448 e. The summed E-state index contributed by atoms with van der Waals surface area (Å²) in [6.07, 6.45) is -3.92. The van der Waals surface area contributed by atoms with E-state index in [0.29, 0.717) is 17.8 Å². The van der Waals surface area contributed by atoms with Crippen molar-refractivity contribution in [3.63, 3.8) is 0 Å². The largest absolute Gasteiger partial charge is 0.448 e. The SMILES string of the molecule is Cc1ccc(C2=NN(C(=O)NC(C)c3ccc(C(F)(F)F)nc3)C[C@H]2N2CCOC2=O)cc1. The third-order valence-electron chi connectivity index (χ3n) is 5.56. The molecule has 3 heterocycles. The summed E-state index contributed by atoms with van der Waals surface area (Å²) in [5, 5.41) is 8.41. The third kappa shape index (κ3) is 4.76. The van der Waals surface area contributed by atoms with E-state index in [9.17, 15) is 22.8 Å². The van der Waals surface area contributed by atoms with E-state index in [4.69, 9.17) is 4.74 Å². The van der Waals surface area contributed by atoms with E-state index in [1.54, 1.807) is 6.92 Å². The second-order valence-electron chi connectivity index (χ2n) is 7.90. The fourth-order valence-electron chi connectivity index (χ4n) is 3.70. The summed E-state index contributed by atoms with van der Waals surface area (Å²) in [4.78, 5) is 30.0. The molecule has 1 fully saturated rings. The molecular weight excluding hydrogens is 439 g/mol. The summed E-state index contributed by atoms with van der Waals surface area (Å²) < 4.78 is 43.3. The van der Waals surface area contributed by atoms with Gasteiger partial charge in [-0.15, -0.1) is 0 Å². The van der Waals surface area contributed by atoms with Gasteiger partial charge in [0.15, 0.2) is 0 Å². The zero-order valence-electron chi connectivity index (χ0n) is 18.0. The molecule has 2 aliphatic heterocycles. The number of carbonyl (C=O) groups excluding carboxylic acids is 2. The van der Waals surface area contributed by atoms with Crippen molar-refractivity contribution in [2.75, 3.05) is 19.7 Å². The zero-order chi connectivity index (χ0) is 23.8. The highest BCUT2D eigenvalue weighted by Crippen LogP contribution is 2.28. The molecule has 1 unspecified atom stereocenters. The van der Waals surface area contributed by atoms with Gasteiger partial charge in [-0.05, 0) is 31.0 Å². The first-order valence-electron chi connectivity index (χ1n) is 10.3. The van der Waals surface area contributed by atoms with Crippen LogP contribution < -0.4 is 5.32 Å². The average molecular weight is 461 g/mol. The normalized spacial score (nSPS) is 19.4. The standard InChI is InChI=1S/C22H22F3N5O3/c1-13-3-5-15(6-4-13)19-17(29-9-10-33-21(29)32)12-30(28-19)20(31)27-14(2)16-7-8-18(26-11-16)22(23,24)25/h3-8,11,14,17H,9-10,12H2,1-2H3,(H,27,31)/t14?,17-/m1/s1. The van der Waals surface area contributed by atoms with Crippen molar-refractivity contribution in [1.82, 2.24) is 20.2 Å². The number of amides is 3. The Bertz CT molecular complexity index is 1070. The minimum atomic E-state index is -4.53. The number of cyclic esters (lactones) is 1. The number of hydrogen-bond acceptors (Lipinski definition) is 5. The minimum absolute atomic E-state index is 0.127. The van der Waals surface area contributed by atoms with Crippen molar-refractivity contribution >= 4 is 17.8 Å². The number of hydrogen-bond donors (Lipinski definition) is 1. The summed E-state index contributed by atoms with van der Waals surface area (Å²) in [6, 6.07) is 8.10. The molecule has 1 aromatic carbocycles. The van der Waals surface area contributed by atoms with Crippen LogP contribution in [-0.4, -0.2) is 58.5 Å². The van der Waals surface area contributed by atoms with E-state index >= 15 is 0 Å². The Labute approximate surface area is 188 Å². The summed E-state index contributed by atoms with van der Waals surface area (Å²) in [6.45, 7) is 4.37. The Kier molecular flexibility index (Phi) is 5.96. The van der Waals surface area contributed by atoms with Crippen LogP contribution in [0.4, 0.5) is 22.8 Å². The van der Waals surface area contributed by atoms with Gasteiger partial charge >= 0.3 is 18.3 Å². The van der Waals surface area contributed by atoms with Crippen LogP contribution in [0.3, 0.4) is 0 Å². The number of urea groups is 1. The molecule has 2 aromatic rings. The molecule has 3 amide bonds. The number of aromatic nitrogens is 1. The van der Waals surface area contributed by atoms with Crippen molar-refractivity contribution in [3.05, 3.63) is 65.0 Å². The molecule has 1 N–H and O–H groups in total. The van der Waals surface area contributed by atoms with Gasteiger partial charge in [-0.25, -0.2) is 14.6 Å². The monoisotopic (exact) mass is 461 g/mol. The Morgan fingerprint density at radius 2 is 1.94 bits per heavy atom. The van der Waals surface area contributed by atoms with Crippen molar-refractivity contribution in [3.8, 4) is 0 Å². The second-order valence-corrected chi connectivity index (χ2v) is 7.90. The number of nitrogens with zero attached hydrogens (tertiary/aromatic N) is 4. The summed E-state index contributed by atoms with van der Waals surface area (Å²) in [7, 11) is 0. The Balaban J connectivity index is 1.52. The maximum atomic E-state index is 12.9. The second kappa shape index (κ2) is 8.72. The summed E-state index contributed by atoms with van der Waals surface area (Å²) >= 11 is 0. The van der Waals surface area contributed by atoms with Crippen LogP contribution in [0, 0.1) is 6.92 Å². The third-order valence-corrected chi connectivity index (χ3v) is 5.56. The fourth-order valence-corrected chi connectivity index (χ4v) is 3.70. The first-order valence-corrected chi connectivity index (χ1v) is 10.3. The van der Waals surface area contributed by atoms with Crippen molar-refractivity contribution < 1.29 is 27.5 Å².